The molecular weight excluding hydrogens is 314 g/mol. The Labute approximate surface area is 149 Å². The molecule has 1 aliphatic rings. The highest BCUT2D eigenvalue weighted by Crippen LogP contribution is 2.32. The van der Waals surface area contributed by atoms with E-state index in [9.17, 15) is 4.79 Å². The summed E-state index contributed by atoms with van der Waals surface area (Å²) in [5, 5.41) is 0. The van der Waals surface area contributed by atoms with Crippen molar-refractivity contribution in [2.75, 3.05) is 38.2 Å². The molecule has 1 aliphatic heterocycles. The number of carbonyl (C=O) groups is 1. The van der Waals surface area contributed by atoms with Crippen LogP contribution in [0.2, 0.25) is 0 Å². The van der Waals surface area contributed by atoms with Crippen LogP contribution in [0.5, 0.6) is 5.75 Å². The van der Waals surface area contributed by atoms with Gasteiger partial charge in [0.05, 0.1) is 12.8 Å². The van der Waals surface area contributed by atoms with Crippen LogP contribution in [-0.4, -0.2) is 44.1 Å². The van der Waals surface area contributed by atoms with Gasteiger partial charge in [-0.05, 0) is 24.6 Å². The van der Waals surface area contributed by atoms with E-state index < -0.39 is 5.54 Å². The lowest BCUT2D eigenvalue weighted by Gasteiger charge is -2.45. The molecule has 2 N–H and O–H groups in total. The van der Waals surface area contributed by atoms with Crippen molar-refractivity contribution in [2.45, 2.75) is 12.5 Å². The van der Waals surface area contributed by atoms with Gasteiger partial charge in [0.15, 0.2) is 0 Å². The highest BCUT2D eigenvalue weighted by molar-refractivity contribution is 5.85. The molecule has 3 rings (SSSR count). The van der Waals surface area contributed by atoms with Crippen molar-refractivity contribution in [2.24, 2.45) is 5.73 Å². The maximum absolute atomic E-state index is 12.3. The molecule has 132 valence electrons. The van der Waals surface area contributed by atoms with Gasteiger partial charge < -0.3 is 15.4 Å². The highest BCUT2D eigenvalue weighted by Gasteiger charge is 2.41. The van der Waals surface area contributed by atoms with Gasteiger partial charge in [-0.2, -0.15) is 0 Å². The van der Waals surface area contributed by atoms with Crippen molar-refractivity contribution >= 4 is 11.6 Å². The normalized spacial score (nSPS) is 17.8. The fourth-order valence-corrected chi connectivity index (χ4v) is 3.53. The first-order valence-corrected chi connectivity index (χ1v) is 8.56. The third-order valence-electron chi connectivity index (χ3n) is 5.15. The summed E-state index contributed by atoms with van der Waals surface area (Å²) >= 11 is 0. The van der Waals surface area contributed by atoms with Crippen LogP contribution in [0.15, 0.2) is 54.6 Å². The second kappa shape index (κ2) is 7.15. The second-order valence-corrected chi connectivity index (χ2v) is 6.45. The Bertz CT molecular complexity index is 727. The third-order valence-corrected chi connectivity index (χ3v) is 5.15. The van der Waals surface area contributed by atoms with Crippen molar-refractivity contribution in [3.05, 3.63) is 60.2 Å². The number of piperazine rings is 1. The molecule has 1 saturated heterocycles. The minimum Gasteiger partial charge on any atom is -0.495 e. The van der Waals surface area contributed by atoms with Crippen LogP contribution in [0.3, 0.4) is 0 Å². The number of nitrogens with zero attached hydrogens (tertiary/aromatic N) is 2. The van der Waals surface area contributed by atoms with Gasteiger partial charge in [0.1, 0.15) is 11.3 Å². The summed E-state index contributed by atoms with van der Waals surface area (Å²) in [6.45, 7) is 5.06. The Balaban J connectivity index is 1.80. The molecule has 0 radical (unpaired) electrons. The molecule has 25 heavy (non-hydrogen) atoms. The molecule has 1 amide bonds. The average Bonchev–Trinajstić information content (AvgIpc) is 2.68. The minimum atomic E-state index is -0.797. The van der Waals surface area contributed by atoms with Crippen molar-refractivity contribution in [3.8, 4) is 5.75 Å². The molecule has 1 atom stereocenters. The van der Waals surface area contributed by atoms with Crippen LogP contribution in [0, 0.1) is 0 Å². The maximum Gasteiger partial charge on any atom is 0.242 e. The number of carbonyl (C=O) groups excluding carboxylic acids is 1. The molecule has 0 aliphatic carbocycles. The van der Waals surface area contributed by atoms with E-state index in [1.165, 1.54) is 0 Å². The van der Waals surface area contributed by atoms with Crippen LogP contribution in [0.1, 0.15) is 12.5 Å². The molecule has 0 spiro atoms. The van der Waals surface area contributed by atoms with Crippen LogP contribution >= 0.6 is 0 Å². The third kappa shape index (κ3) is 3.20. The minimum absolute atomic E-state index is 0.315. The Kier molecular flexibility index (Phi) is 4.95. The molecule has 0 bridgehead atoms. The second-order valence-electron chi connectivity index (χ2n) is 6.45. The Morgan fingerprint density at radius 1 is 1.00 bits per heavy atom. The van der Waals surface area contributed by atoms with Crippen molar-refractivity contribution < 1.29 is 9.53 Å². The number of hydrogen-bond acceptors (Lipinski definition) is 4. The summed E-state index contributed by atoms with van der Waals surface area (Å²) in [6.07, 6.45) is 0. The van der Waals surface area contributed by atoms with Gasteiger partial charge in [0.2, 0.25) is 5.91 Å². The first-order chi connectivity index (χ1) is 12.1. The SMILES string of the molecule is COc1ccccc1N1CCN(C(C)(C(N)=O)c2ccccc2)CC1. The lowest BCUT2D eigenvalue weighted by molar-refractivity contribution is -0.130. The van der Waals surface area contributed by atoms with Gasteiger partial charge in [-0.1, -0.05) is 42.5 Å². The Morgan fingerprint density at radius 2 is 1.60 bits per heavy atom. The molecule has 1 unspecified atom stereocenters. The maximum atomic E-state index is 12.3. The average molecular weight is 339 g/mol. The number of ether oxygens (including phenoxy) is 1. The number of rotatable bonds is 5. The summed E-state index contributed by atoms with van der Waals surface area (Å²) in [5.74, 6) is 0.557. The Morgan fingerprint density at radius 3 is 2.20 bits per heavy atom. The fourth-order valence-electron chi connectivity index (χ4n) is 3.53. The predicted molar refractivity (Wildman–Crippen MR) is 99.8 cm³/mol. The Hall–Kier alpha value is -2.53. The number of benzene rings is 2. The van der Waals surface area contributed by atoms with Gasteiger partial charge >= 0.3 is 0 Å². The standard InChI is InChI=1S/C20H25N3O2/c1-20(19(21)24,16-8-4-3-5-9-16)23-14-12-22(13-15-23)17-10-6-7-11-18(17)25-2/h3-11H,12-15H2,1-2H3,(H2,21,24). The van der Waals surface area contributed by atoms with E-state index in [-0.39, 0.29) is 5.91 Å². The van der Waals surface area contributed by atoms with Gasteiger partial charge in [-0.25, -0.2) is 0 Å². The van der Waals surface area contributed by atoms with Crippen LogP contribution in [0.25, 0.3) is 0 Å². The molecule has 2 aromatic carbocycles. The van der Waals surface area contributed by atoms with E-state index in [0.717, 1.165) is 43.2 Å². The molecule has 5 nitrogen and oxygen atoms in total. The molecule has 2 aromatic rings. The quantitative estimate of drug-likeness (QED) is 0.907. The zero-order valence-corrected chi connectivity index (χ0v) is 14.8. The molecular formula is C20H25N3O2. The number of methoxy groups -OCH3 is 1. The van der Waals surface area contributed by atoms with Crippen molar-refractivity contribution in [1.82, 2.24) is 4.90 Å². The van der Waals surface area contributed by atoms with Crippen LogP contribution in [0.4, 0.5) is 5.69 Å². The summed E-state index contributed by atoms with van der Waals surface area (Å²) in [4.78, 5) is 16.8. The van der Waals surface area contributed by atoms with Gasteiger partial charge in [0, 0.05) is 26.2 Å². The van der Waals surface area contributed by atoms with E-state index in [1.807, 2.05) is 55.5 Å². The monoisotopic (exact) mass is 339 g/mol. The summed E-state index contributed by atoms with van der Waals surface area (Å²) in [7, 11) is 1.69. The number of anilines is 1. The first-order valence-electron chi connectivity index (χ1n) is 8.56. The van der Waals surface area contributed by atoms with E-state index in [1.54, 1.807) is 7.11 Å². The zero-order valence-electron chi connectivity index (χ0n) is 14.8. The number of amides is 1. The van der Waals surface area contributed by atoms with Crippen LogP contribution < -0.4 is 15.4 Å². The first kappa shape index (κ1) is 17.3. The number of primary amides is 1. The van der Waals surface area contributed by atoms with E-state index >= 15 is 0 Å². The largest absolute Gasteiger partial charge is 0.495 e. The van der Waals surface area contributed by atoms with E-state index in [4.69, 9.17) is 10.5 Å². The predicted octanol–water partition coefficient (Wildman–Crippen LogP) is 2.22. The van der Waals surface area contributed by atoms with E-state index in [2.05, 4.69) is 15.9 Å². The smallest absolute Gasteiger partial charge is 0.242 e. The lowest BCUT2D eigenvalue weighted by atomic mass is 9.88. The van der Waals surface area contributed by atoms with Gasteiger partial charge in [-0.3, -0.25) is 9.69 Å². The number of hydrogen-bond donors (Lipinski definition) is 1. The van der Waals surface area contributed by atoms with Crippen molar-refractivity contribution in [1.29, 1.82) is 0 Å². The zero-order chi connectivity index (χ0) is 17.9. The molecule has 0 aromatic heterocycles. The molecule has 1 heterocycles. The van der Waals surface area contributed by atoms with E-state index in [0.29, 0.717) is 0 Å². The molecule has 5 heteroatoms. The molecule has 0 saturated carbocycles. The van der Waals surface area contributed by atoms with Crippen LogP contribution in [-0.2, 0) is 10.3 Å². The highest BCUT2D eigenvalue weighted by atomic mass is 16.5. The number of nitrogens with two attached hydrogens (primary N) is 1. The van der Waals surface area contributed by atoms with Gasteiger partial charge in [0.25, 0.3) is 0 Å². The fraction of sp³-hybridized carbons (Fsp3) is 0.350. The number of para-hydroxylation sites is 2. The summed E-state index contributed by atoms with van der Waals surface area (Å²) in [5.41, 5.74) is 7.04. The summed E-state index contributed by atoms with van der Waals surface area (Å²) in [6, 6.07) is 17.8. The lowest BCUT2D eigenvalue weighted by Crippen LogP contribution is -2.59. The molecule has 1 fully saturated rings. The topological polar surface area (TPSA) is 58.8 Å². The van der Waals surface area contributed by atoms with Crippen molar-refractivity contribution in [3.63, 3.8) is 0 Å². The summed E-state index contributed by atoms with van der Waals surface area (Å²) < 4.78 is 5.47. The van der Waals surface area contributed by atoms with Gasteiger partial charge in [-0.15, -0.1) is 0 Å².